The van der Waals surface area contributed by atoms with E-state index in [0.717, 1.165) is 30.0 Å². The molecule has 2 unspecified atom stereocenters. The number of hydrogen-bond donors (Lipinski definition) is 2. The van der Waals surface area contributed by atoms with Crippen LogP contribution in [0.3, 0.4) is 0 Å². The van der Waals surface area contributed by atoms with E-state index in [9.17, 15) is 9.90 Å². The summed E-state index contributed by atoms with van der Waals surface area (Å²) in [5, 5.41) is 13.0. The number of ether oxygens (including phenoxy) is 1. The van der Waals surface area contributed by atoms with Crippen LogP contribution in [0.25, 0.3) is 0 Å². The van der Waals surface area contributed by atoms with E-state index in [1.165, 1.54) is 0 Å². The Bertz CT molecular complexity index is 666. The molecule has 3 rings (SSSR count). The second kappa shape index (κ2) is 6.83. The maximum Gasteiger partial charge on any atom is 0.223 e. The highest BCUT2D eigenvalue weighted by Gasteiger charge is 2.25. The average molecular weight is 315 g/mol. The topological polar surface area (TPSA) is 76.4 Å². The zero-order valence-corrected chi connectivity index (χ0v) is 13.1. The van der Waals surface area contributed by atoms with E-state index in [-0.39, 0.29) is 18.4 Å². The quantitative estimate of drug-likeness (QED) is 0.872. The minimum atomic E-state index is -0.723. The van der Waals surface area contributed by atoms with Gasteiger partial charge in [0.05, 0.1) is 19.5 Å². The molecule has 2 N–H and O–H groups in total. The van der Waals surface area contributed by atoms with Crippen molar-refractivity contribution in [1.82, 2.24) is 14.9 Å². The lowest BCUT2D eigenvalue weighted by molar-refractivity contribution is -0.126. The maximum absolute atomic E-state index is 12.3. The van der Waals surface area contributed by atoms with Gasteiger partial charge in [-0.2, -0.15) is 0 Å². The molecule has 1 amide bonds. The molecule has 0 saturated heterocycles. The lowest BCUT2D eigenvalue weighted by atomic mass is 9.95. The molecule has 1 aliphatic heterocycles. The molecule has 0 bridgehead atoms. The zero-order chi connectivity index (χ0) is 16.2. The molecule has 6 nitrogen and oxygen atoms in total. The zero-order valence-electron chi connectivity index (χ0n) is 13.1. The predicted octanol–water partition coefficient (Wildman–Crippen LogP) is 1.30. The van der Waals surface area contributed by atoms with Crippen LogP contribution in [0.15, 0.2) is 36.8 Å². The molecule has 1 aliphatic rings. The van der Waals surface area contributed by atoms with Crippen LogP contribution in [0.2, 0.25) is 0 Å². The summed E-state index contributed by atoms with van der Waals surface area (Å²) >= 11 is 0. The Morgan fingerprint density at radius 2 is 2.26 bits per heavy atom. The second-order valence-corrected chi connectivity index (χ2v) is 5.80. The van der Waals surface area contributed by atoms with Gasteiger partial charge in [-0.1, -0.05) is 12.1 Å². The molecular formula is C17H21N3O3. The van der Waals surface area contributed by atoms with Gasteiger partial charge >= 0.3 is 0 Å². The fraction of sp³-hybridized carbons (Fsp3) is 0.412. The van der Waals surface area contributed by atoms with Crippen LogP contribution in [0.4, 0.5) is 0 Å². The van der Waals surface area contributed by atoms with E-state index in [1.807, 2.05) is 6.20 Å². The Morgan fingerprint density at radius 3 is 3.00 bits per heavy atom. The van der Waals surface area contributed by atoms with Gasteiger partial charge in [-0.3, -0.25) is 4.79 Å². The van der Waals surface area contributed by atoms with E-state index in [4.69, 9.17) is 4.74 Å². The van der Waals surface area contributed by atoms with Crippen molar-refractivity contribution in [2.24, 2.45) is 5.92 Å². The summed E-state index contributed by atoms with van der Waals surface area (Å²) in [6, 6.07) is 7.19. The summed E-state index contributed by atoms with van der Waals surface area (Å²) in [5.74, 6) is 0.677. The van der Waals surface area contributed by atoms with Crippen molar-refractivity contribution < 1.29 is 14.6 Å². The Balaban J connectivity index is 1.52. The van der Waals surface area contributed by atoms with E-state index in [1.54, 1.807) is 37.7 Å². The number of amides is 1. The number of carbonyl (C=O) groups excluding carboxylic acids is 1. The SMILES string of the molecule is COc1ccc(C(O)CNC(=O)C2CCn3cncc3C2)cc1. The third kappa shape index (κ3) is 3.53. The minimum absolute atomic E-state index is 0.00925. The maximum atomic E-state index is 12.3. The van der Waals surface area contributed by atoms with Crippen LogP contribution in [-0.4, -0.2) is 34.2 Å². The smallest absolute Gasteiger partial charge is 0.223 e. The minimum Gasteiger partial charge on any atom is -0.497 e. The lowest BCUT2D eigenvalue weighted by Gasteiger charge is -2.23. The van der Waals surface area contributed by atoms with Crippen molar-refractivity contribution in [3.05, 3.63) is 48.0 Å². The molecule has 0 saturated carbocycles. The highest BCUT2D eigenvalue weighted by Crippen LogP contribution is 2.21. The number of nitrogens with one attached hydrogen (secondary N) is 1. The first kappa shape index (κ1) is 15.6. The Labute approximate surface area is 135 Å². The lowest BCUT2D eigenvalue weighted by Crippen LogP contribution is -2.37. The van der Waals surface area contributed by atoms with Gasteiger partial charge in [0.2, 0.25) is 5.91 Å². The number of nitrogens with zero attached hydrogens (tertiary/aromatic N) is 2. The number of aliphatic hydroxyl groups is 1. The second-order valence-electron chi connectivity index (χ2n) is 5.80. The van der Waals surface area contributed by atoms with Gasteiger partial charge in [-0.15, -0.1) is 0 Å². The number of aromatic nitrogens is 2. The van der Waals surface area contributed by atoms with Gasteiger partial charge in [0.1, 0.15) is 5.75 Å². The molecule has 23 heavy (non-hydrogen) atoms. The molecular weight excluding hydrogens is 294 g/mol. The number of benzene rings is 1. The molecule has 1 aromatic heterocycles. The molecule has 0 spiro atoms. The van der Waals surface area contributed by atoms with E-state index in [0.29, 0.717) is 6.42 Å². The summed E-state index contributed by atoms with van der Waals surface area (Å²) in [7, 11) is 1.60. The number of hydrogen-bond acceptors (Lipinski definition) is 4. The summed E-state index contributed by atoms with van der Waals surface area (Å²) in [5.41, 5.74) is 1.85. The Hall–Kier alpha value is -2.34. The Kier molecular flexibility index (Phi) is 4.62. The third-order valence-corrected chi connectivity index (χ3v) is 4.31. The normalized spacial score (nSPS) is 18.1. The number of fused-ring (bicyclic) bond motifs is 1. The van der Waals surface area contributed by atoms with Gasteiger partial charge in [0.25, 0.3) is 0 Å². The van der Waals surface area contributed by atoms with E-state index < -0.39 is 6.10 Å². The summed E-state index contributed by atoms with van der Waals surface area (Å²) in [6.45, 7) is 1.02. The molecule has 0 fully saturated rings. The van der Waals surface area contributed by atoms with Crippen LogP contribution < -0.4 is 10.1 Å². The van der Waals surface area contributed by atoms with Crippen molar-refractivity contribution >= 4 is 5.91 Å². The van der Waals surface area contributed by atoms with Crippen molar-refractivity contribution in [2.45, 2.75) is 25.5 Å². The van der Waals surface area contributed by atoms with Crippen LogP contribution in [0.5, 0.6) is 5.75 Å². The first-order chi connectivity index (χ1) is 11.2. The van der Waals surface area contributed by atoms with Crippen molar-refractivity contribution in [1.29, 1.82) is 0 Å². The number of aryl methyl sites for hydroxylation is 1. The number of aliphatic hydroxyl groups excluding tert-OH is 1. The molecule has 122 valence electrons. The largest absolute Gasteiger partial charge is 0.497 e. The van der Waals surface area contributed by atoms with Gasteiger partial charge < -0.3 is 19.7 Å². The fourth-order valence-electron chi connectivity index (χ4n) is 2.88. The van der Waals surface area contributed by atoms with Crippen LogP contribution in [-0.2, 0) is 17.8 Å². The van der Waals surface area contributed by atoms with E-state index >= 15 is 0 Å². The van der Waals surface area contributed by atoms with Crippen molar-refractivity contribution in [3.8, 4) is 5.75 Å². The van der Waals surface area contributed by atoms with Crippen molar-refractivity contribution in [3.63, 3.8) is 0 Å². The molecule has 0 radical (unpaired) electrons. The first-order valence-corrected chi connectivity index (χ1v) is 7.76. The highest BCUT2D eigenvalue weighted by atomic mass is 16.5. The highest BCUT2D eigenvalue weighted by molar-refractivity contribution is 5.79. The summed E-state index contributed by atoms with van der Waals surface area (Å²) in [4.78, 5) is 16.4. The third-order valence-electron chi connectivity index (χ3n) is 4.31. The number of imidazole rings is 1. The van der Waals surface area contributed by atoms with E-state index in [2.05, 4.69) is 14.9 Å². The monoisotopic (exact) mass is 315 g/mol. The molecule has 0 aliphatic carbocycles. The number of rotatable bonds is 5. The molecule has 2 aromatic rings. The van der Waals surface area contributed by atoms with Crippen LogP contribution in [0, 0.1) is 5.92 Å². The van der Waals surface area contributed by atoms with Gasteiger partial charge in [-0.05, 0) is 24.1 Å². The van der Waals surface area contributed by atoms with Crippen LogP contribution >= 0.6 is 0 Å². The fourth-order valence-corrected chi connectivity index (χ4v) is 2.88. The Morgan fingerprint density at radius 1 is 1.48 bits per heavy atom. The molecule has 6 heteroatoms. The van der Waals surface area contributed by atoms with Gasteiger partial charge in [-0.25, -0.2) is 4.98 Å². The van der Waals surface area contributed by atoms with Gasteiger partial charge in [0, 0.05) is 37.3 Å². The standard InChI is InChI=1S/C17H21N3O3/c1-23-15-4-2-12(3-5-15)16(21)10-19-17(22)13-6-7-20-11-18-9-14(20)8-13/h2-5,9,11,13,16,21H,6-8,10H2,1H3,(H,19,22). The molecule has 1 aromatic carbocycles. The first-order valence-electron chi connectivity index (χ1n) is 7.76. The number of methoxy groups -OCH3 is 1. The van der Waals surface area contributed by atoms with Crippen LogP contribution in [0.1, 0.15) is 23.8 Å². The van der Waals surface area contributed by atoms with Crippen molar-refractivity contribution in [2.75, 3.05) is 13.7 Å². The van der Waals surface area contributed by atoms with Gasteiger partial charge in [0.15, 0.2) is 0 Å². The molecule has 2 heterocycles. The predicted molar refractivity (Wildman–Crippen MR) is 85.0 cm³/mol. The average Bonchev–Trinajstić information content (AvgIpc) is 3.07. The summed E-state index contributed by atoms with van der Waals surface area (Å²) < 4.78 is 7.17. The molecule has 2 atom stereocenters. The summed E-state index contributed by atoms with van der Waals surface area (Å²) in [6.07, 6.45) is 4.39. The number of carbonyl (C=O) groups is 1.